The summed E-state index contributed by atoms with van der Waals surface area (Å²) in [6.45, 7) is 0.894. The molecule has 16 heavy (non-hydrogen) atoms. The van der Waals surface area contributed by atoms with E-state index in [4.69, 9.17) is 10.5 Å². The van der Waals surface area contributed by atoms with Crippen LogP contribution < -0.4 is 10.5 Å². The highest BCUT2D eigenvalue weighted by atomic mass is 16.5. The fraction of sp³-hybridized carbons (Fsp3) is 0.273. The summed E-state index contributed by atoms with van der Waals surface area (Å²) in [6.07, 6.45) is 3.56. The van der Waals surface area contributed by atoms with Crippen molar-refractivity contribution in [1.29, 1.82) is 0 Å². The monoisotopic (exact) mass is 218 g/mol. The second-order valence-corrected chi connectivity index (χ2v) is 3.46. The Morgan fingerprint density at radius 3 is 2.75 bits per heavy atom. The quantitative estimate of drug-likeness (QED) is 0.826. The number of aryl methyl sites for hydroxylation is 1. The molecule has 0 aliphatic heterocycles. The summed E-state index contributed by atoms with van der Waals surface area (Å²) < 4.78 is 7.27. The first-order valence-electron chi connectivity index (χ1n) is 5.04. The number of rotatable bonds is 4. The zero-order valence-electron chi connectivity index (χ0n) is 9.13. The van der Waals surface area contributed by atoms with Gasteiger partial charge in [0.25, 0.3) is 0 Å². The van der Waals surface area contributed by atoms with E-state index >= 15 is 0 Å². The predicted octanol–water partition coefficient (Wildman–Crippen LogP) is 0.853. The van der Waals surface area contributed by atoms with Crippen LogP contribution in [0.15, 0.2) is 30.6 Å². The summed E-state index contributed by atoms with van der Waals surface area (Å²) in [4.78, 5) is 4.14. The van der Waals surface area contributed by atoms with Gasteiger partial charge in [0.15, 0.2) is 0 Å². The topological polar surface area (TPSA) is 66.0 Å². The van der Waals surface area contributed by atoms with Crippen LogP contribution in [0.4, 0.5) is 0 Å². The standard InChI is InChI=1S/C11H14N4O/c1-15-5-4-10(14-15)8-16-11-3-2-9(6-12)13-7-11/h2-5,7H,6,8,12H2,1H3. The van der Waals surface area contributed by atoms with Crippen LogP contribution in [0.1, 0.15) is 11.4 Å². The van der Waals surface area contributed by atoms with Gasteiger partial charge >= 0.3 is 0 Å². The Kier molecular flexibility index (Phi) is 3.16. The lowest BCUT2D eigenvalue weighted by Gasteiger charge is -2.04. The molecule has 0 spiro atoms. The number of aromatic nitrogens is 3. The first-order chi connectivity index (χ1) is 7.78. The molecule has 0 aliphatic rings. The summed E-state index contributed by atoms with van der Waals surface area (Å²) in [5.41, 5.74) is 7.20. The Hall–Kier alpha value is -1.88. The first kappa shape index (κ1) is 10.6. The van der Waals surface area contributed by atoms with Crippen LogP contribution in [0.2, 0.25) is 0 Å². The van der Waals surface area contributed by atoms with Crippen LogP contribution >= 0.6 is 0 Å². The van der Waals surface area contributed by atoms with Gasteiger partial charge in [-0.15, -0.1) is 0 Å². The number of ether oxygens (including phenoxy) is 1. The van der Waals surface area contributed by atoms with Crippen molar-refractivity contribution in [3.63, 3.8) is 0 Å². The van der Waals surface area contributed by atoms with E-state index < -0.39 is 0 Å². The molecule has 0 fully saturated rings. The molecular weight excluding hydrogens is 204 g/mol. The number of nitrogens with two attached hydrogens (primary N) is 1. The van der Waals surface area contributed by atoms with Gasteiger partial charge in [-0.1, -0.05) is 0 Å². The SMILES string of the molecule is Cn1ccc(COc2ccc(CN)nc2)n1. The van der Waals surface area contributed by atoms with Crippen molar-refractivity contribution in [3.8, 4) is 5.75 Å². The minimum atomic E-state index is 0.445. The van der Waals surface area contributed by atoms with Crippen molar-refractivity contribution in [2.75, 3.05) is 0 Å². The third kappa shape index (κ3) is 2.58. The van der Waals surface area contributed by atoms with Crippen molar-refractivity contribution in [3.05, 3.63) is 42.0 Å². The van der Waals surface area contributed by atoms with E-state index in [-0.39, 0.29) is 0 Å². The summed E-state index contributed by atoms with van der Waals surface area (Å²) in [6, 6.07) is 5.63. The number of pyridine rings is 1. The predicted molar refractivity (Wildman–Crippen MR) is 59.7 cm³/mol. The molecule has 0 atom stereocenters. The maximum atomic E-state index is 5.53. The van der Waals surface area contributed by atoms with Gasteiger partial charge in [0.2, 0.25) is 0 Å². The minimum absolute atomic E-state index is 0.445. The fourth-order valence-corrected chi connectivity index (χ4v) is 1.31. The molecule has 2 aromatic rings. The van der Waals surface area contributed by atoms with Crippen molar-refractivity contribution >= 4 is 0 Å². The van der Waals surface area contributed by atoms with Gasteiger partial charge in [0.05, 0.1) is 17.6 Å². The first-order valence-corrected chi connectivity index (χ1v) is 5.04. The van der Waals surface area contributed by atoms with Gasteiger partial charge in [-0.3, -0.25) is 9.67 Å². The second-order valence-electron chi connectivity index (χ2n) is 3.46. The lowest BCUT2D eigenvalue weighted by atomic mass is 10.3. The van der Waals surface area contributed by atoms with Crippen LogP contribution in [0.3, 0.4) is 0 Å². The van der Waals surface area contributed by atoms with E-state index in [1.54, 1.807) is 10.9 Å². The average molecular weight is 218 g/mol. The van der Waals surface area contributed by atoms with Crippen molar-refractivity contribution in [2.45, 2.75) is 13.2 Å². The molecule has 2 aromatic heterocycles. The summed E-state index contributed by atoms with van der Waals surface area (Å²) in [5, 5.41) is 4.21. The van der Waals surface area contributed by atoms with Crippen molar-refractivity contribution < 1.29 is 4.74 Å². The van der Waals surface area contributed by atoms with E-state index in [0.29, 0.717) is 13.2 Å². The maximum Gasteiger partial charge on any atom is 0.138 e. The second kappa shape index (κ2) is 4.76. The fourth-order valence-electron chi connectivity index (χ4n) is 1.31. The average Bonchev–Trinajstić information content (AvgIpc) is 2.73. The van der Waals surface area contributed by atoms with E-state index in [9.17, 15) is 0 Å². The largest absolute Gasteiger partial charge is 0.486 e. The molecule has 0 bridgehead atoms. The Morgan fingerprint density at radius 1 is 1.31 bits per heavy atom. The smallest absolute Gasteiger partial charge is 0.138 e. The molecule has 5 heteroatoms. The molecule has 2 heterocycles. The summed E-state index contributed by atoms with van der Waals surface area (Å²) in [7, 11) is 1.88. The third-order valence-corrected chi connectivity index (χ3v) is 2.16. The highest BCUT2D eigenvalue weighted by Crippen LogP contribution is 2.10. The highest BCUT2D eigenvalue weighted by molar-refractivity contribution is 5.20. The summed E-state index contributed by atoms with van der Waals surface area (Å²) in [5.74, 6) is 0.725. The molecule has 0 unspecified atom stereocenters. The van der Waals surface area contributed by atoms with Gasteiger partial charge in [-0.2, -0.15) is 5.10 Å². The molecule has 2 N–H and O–H groups in total. The van der Waals surface area contributed by atoms with Gasteiger partial charge < -0.3 is 10.5 Å². The normalized spacial score (nSPS) is 10.4. The van der Waals surface area contributed by atoms with E-state index in [1.807, 2.05) is 31.4 Å². The molecule has 2 rings (SSSR count). The Morgan fingerprint density at radius 2 is 2.19 bits per heavy atom. The lowest BCUT2D eigenvalue weighted by Crippen LogP contribution is -2.01. The Bertz CT molecular complexity index is 449. The molecule has 0 radical (unpaired) electrons. The molecule has 84 valence electrons. The number of hydrogen-bond donors (Lipinski definition) is 1. The van der Waals surface area contributed by atoms with E-state index in [1.165, 1.54) is 0 Å². The molecule has 0 saturated heterocycles. The van der Waals surface area contributed by atoms with Crippen LogP contribution in [-0.4, -0.2) is 14.8 Å². The zero-order valence-corrected chi connectivity index (χ0v) is 9.13. The van der Waals surface area contributed by atoms with E-state index in [2.05, 4.69) is 10.1 Å². The molecule has 5 nitrogen and oxygen atoms in total. The van der Waals surface area contributed by atoms with Gasteiger partial charge in [0.1, 0.15) is 12.4 Å². The number of nitrogens with zero attached hydrogens (tertiary/aromatic N) is 3. The molecule has 0 amide bonds. The molecule has 0 aromatic carbocycles. The third-order valence-electron chi connectivity index (χ3n) is 2.16. The minimum Gasteiger partial charge on any atom is -0.486 e. The molecular formula is C11H14N4O. The van der Waals surface area contributed by atoms with Gasteiger partial charge in [-0.05, 0) is 18.2 Å². The van der Waals surface area contributed by atoms with Crippen LogP contribution in [-0.2, 0) is 20.2 Å². The van der Waals surface area contributed by atoms with Crippen LogP contribution in [0.5, 0.6) is 5.75 Å². The highest BCUT2D eigenvalue weighted by Gasteiger charge is 1.99. The van der Waals surface area contributed by atoms with Crippen molar-refractivity contribution in [2.24, 2.45) is 12.8 Å². The van der Waals surface area contributed by atoms with Gasteiger partial charge in [0, 0.05) is 19.8 Å². The molecule has 0 aliphatic carbocycles. The Balaban J connectivity index is 1.94. The lowest BCUT2D eigenvalue weighted by molar-refractivity contribution is 0.298. The van der Waals surface area contributed by atoms with Crippen LogP contribution in [0, 0.1) is 0 Å². The van der Waals surface area contributed by atoms with Crippen molar-refractivity contribution in [1.82, 2.24) is 14.8 Å². The van der Waals surface area contributed by atoms with Gasteiger partial charge in [-0.25, -0.2) is 0 Å². The Labute approximate surface area is 93.9 Å². The number of hydrogen-bond acceptors (Lipinski definition) is 4. The van der Waals surface area contributed by atoms with Crippen LogP contribution in [0.25, 0.3) is 0 Å². The van der Waals surface area contributed by atoms with E-state index in [0.717, 1.165) is 17.1 Å². The summed E-state index contributed by atoms with van der Waals surface area (Å²) >= 11 is 0. The maximum absolute atomic E-state index is 5.53. The zero-order chi connectivity index (χ0) is 11.4. The molecule has 0 saturated carbocycles.